The Balaban J connectivity index is 3.43. The summed E-state index contributed by atoms with van der Waals surface area (Å²) in [5.41, 5.74) is 1.43. The molecule has 0 aromatic carbocycles. The first-order valence-electron chi connectivity index (χ1n) is 4.67. The largest absolute Gasteiger partial charge is 0.321 e. The molecule has 2 N–H and O–H groups in total. The van der Waals surface area contributed by atoms with Gasteiger partial charge in [-0.15, -0.1) is 9.24 Å². The third-order valence-electron chi connectivity index (χ3n) is 1.81. The second-order valence-electron chi connectivity index (χ2n) is 3.57. The maximum absolute atomic E-state index is 5.35. The highest BCUT2D eigenvalue weighted by atomic mass is 31.0. The van der Waals surface area contributed by atoms with E-state index in [1.54, 1.807) is 4.68 Å². The fourth-order valence-corrected chi connectivity index (χ4v) is 1.33. The van der Waals surface area contributed by atoms with Crippen molar-refractivity contribution < 1.29 is 0 Å². The van der Waals surface area contributed by atoms with Crippen LogP contribution in [0.15, 0.2) is 16.7 Å². The highest BCUT2D eigenvalue weighted by Gasteiger charge is 2.06. The number of nitrogens with zero attached hydrogens (tertiary/aromatic N) is 4. The van der Waals surface area contributed by atoms with Crippen LogP contribution in [-0.4, -0.2) is 14.8 Å². The van der Waals surface area contributed by atoms with Gasteiger partial charge in [0, 0.05) is 6.20 Å². The van der Waals surface area contributed by atoms with Gasteiger partial charge in [-0.2, -0.15) is 10.2 Å². The van der Waals surface area contributed by atoms with E-state index in [-0.39, 0.29) is 5.92 Å². The van der Waals surface area contributed by atoms with E-state index in [0.29, 0.717) is 5.49 Å². The van der Waals surface area contributed by atoms with Crippen LogP contribution in [0.5, 0.6) is 0 Å². The average molecular weight is 225 g/mol. The smallest absolute Gasteiger partial charge is 0.194 e. The lowest BCUT2D eigenvalue weighted by Gasteiger charge is -2.07. The first-order chi connectivity index (χ1) is 7.06. The Morgan fingerprint density at radius 1 is 1.67 bits per heavy atom. The second-order valence-corrected chi connectivity index (χ2v) is 4.48. The van der Waals surface area contributed by atoms with Gasteiger partial charge in [-0.1, -0.05) is 13.8 Å². The molecule has 82 valence electrons. The van der Waals surface area contributed by atoms with Crippen LogP contribution >= 0.6 is 9.24 Å². The molecular formula is C9H16N5P. The van der Waals surface area contributed by atoms with Gasteiger partial charge in [0.2, 0.25) is 0 Å². The lowest BCUT2D eigenvalue weighted by Crippen LogP contribution is -2.27. The van der Waals surface area contributed by atoms with E-state index in [0.717, 1.165) is 11.0 Å². The molecule has 5 nitrogen and oxygen atoms in total. The Hall–Kier alpha value is -1.22. The number of nitrogens with two attached hydrogens (primary N) is 1. The molecule has 1 aromatic rings. The third kappa shape index (κ3) is 2.86. The molecule has 1 heterocycles. The molecular weight excluding hydrogens is 209 g/mol. The summed E-state index contributed by atoms with van der Waals surface area (Å²) in [7, 11) is 2.59. The van der Waals surface area contributed by atoms with Crippen molar-refractivity contribution in [3.8, 4) is 0 Å². The van der Waals surface area contributed by atoms with Gasteiger partial charge in [0.15, 0.2) is 5.49 Å². The van der Waals surface area contributed by atoms with E-state index < -0.39 is 0 Å². The number of allylic oxidation sites excluding steroid dienone is 1. The molecule has 6 heteroatoms. The van der Waals surface area contributed by atoms with E-state index in [2.05, 4.69) is 24.4 Å². The molecule has 0 spiro atoms. The molecule has 1 aromatic heterocycles. The first kappa shape index (κ1) is 11.9. The molecule has 0 amide bonds. The summed E-state index contributed by atoms with van der Waals surface area (Å²) in [4.78, 5) is 4.18. The first-order valence-corrected chi connectivity index (χ1v) is 5.25. The van der Waals surface area contributed by atoms with Gasteiger partial charge in [-0.3, -0.25) is 0 Å². The molecule has 0 saturated heterocycles. The van der Waals surface area contributed by atoms with Gasteiger partial charge in [-0.25, -0.2) is 9.67 Å². The molecule has 0 aliphatic carbocycles. The van der Waals surface area contributed by atoms with E-state index in [4.69, 9.17) is 5.84 Å². The highest BCUT2D eigenvalue weighted by Crippen LogP contribution is 2.06. The summed E-state index contributed by atoms with van der Waals surface area (Å²) in [6.07, 6.45) is 3.35. The lowest BCUT2D eigenvalue weighted by molar-refractivity contribution is 0.699. The predicted octanol–water partition coefficient (Wildman–Crippen LogP) is 0.869. The molecule has 0 bridgehead atoms. The van der Waals surface area contributed by atoms with Gasteiger partial charge in [-0.05, 0) is 18.2 Å². The van der Waals surface area contributed by atoms with Gasteiger partial charge < -0.3 is 5.84 Å². The van der Waals surface area contributed by atoms with Crippen molar-refractivity contribution in [1.82, 2.24) is 14.8 Å². The van der Waals surface area contributed by atoms with Gasteiger partial charge >= 0.3 is 0 Å². The molecule has 0 aliphatic heterocycles. The maximum atomic E-state index is 5.35. The minimum atomic E-state index is 0.264. The summed E-state index contributed by atoms with van der Waals surface area (Å²) in [6, 6.07) is 0. The van der Waals surface area contributed by atoms with Crippen LogP contribution in [0.2, 0.25) is 0 Å². The van der Waals surface area contributed by atoms with Crippen LogP contribution in [0.4, 0.5) is 0 Å². The normalized spacial score (nSPS) is 13.7. The van der Waals surface area contributed by atoms with Crippen LogP contribution < -0.4 is 11.3 Å². The van der Waals surface area contributed by atoms with Crippen molar-refractivity contribution in [3.63, 3.8) is 0 Å². The van der Waals surface area contributed by atoms with Crippen molar-refractivity contribution in [1.29, 1.82) is 0 Å². The minimum absolute atomic E-state index is 0.264. The van der Waals surface area contributed by atoms with E-state index in [9.17, 15) is 0 Å². The van der Waals surface area contributed by atoms with Gasteiger partial charge in [0.05, 0.1) is 5.69 Å². The predicted molar refractivity (Wildman–Crippen MR) is 63.5 cm³/mol. The Morgan fingerprint density at radius 3 is 2.80 bits per heavy atom. The molecule has 1 unspecified atom stereocenters. The fraction of sp³-hybridized carbons (Fsp3) is 0.444. The average Bonchev–Trinajstić information content (AvgIpc) is 2.16. The van der Waals surface area contributed by atoms with Crippen molar-refractivity contribution in [2.45, 2.75) is 26.7 Å². The Kier molecular flexibility index (Phi) is 3.97. The zero-order chi connectivity index (χ0) is 11.4. The zero-order valence-corrected chi connectivity index (χ0v) is 10.3. The molecule has 0 aliphatic rings. The highest BCUT2D eigenvalue weighted by molar-refractivity contribution is 7.22. The zero-order valence-electron chi connectivity index (χ0n) is 9.18. The summed E-state index contributed by atoms with van der Waals surface area (Å²) >= 11 is 0. The van der Waals surface area contributed by atoms with Crippen LogP contribution in [0, 0.1) is 0 Å². The fourth-order valence-electron chi connectivity index (χ4n) is 1.19. The lowest BCUT2D eigenvalue weighted by atomic mass is 10.1. The molecule has 0 fully saturated rings. The molecule has 1 atom stereocenters. The van der Waals surface area contributed by atoms with E-state index in [1.165, 1.54) is 6.33 Å². The van der Waals surface area contributed by atoms with Crippen molar-refractivity contribution in [2.75, 3.05) is 0 Å². The number of aromatic nitrogens is 3. The van der Waals surface area contributed by atoms with Crippen molar-refractivity contribution in [2.24, 2.45) is 10.9 Å². The second kappa shape index (κ2) is 5.03. The van der Waals surface area contributed by atoms with Crippen LogP contribution in [0.25, 0.3) is 6.20 Å². The SMILES string of the molecule is C/C(P)=C\n1ncnc(C(C)C)/c1=N/N. The Bertz CT molecular complexity index is 428. The molecule has 15 heavy (non-hydrogen) atoms. The number of rotatable bonds is 2. The van der Waals surface area contributed by atoms with Crippen LogP contribution in [-0.2, 0) is 0 Å². The number of hydrogen-bond donors (Lipinski definition) is 1. The quantitative estimate of drug-likeness (QED) is 0.461. The molecule has 0 radical (unpaired) electrons. The summed E-state index contributed by atoms with van der Waals surface area (Å²) < 4.78 is 1.63. The van der Waals surface area contributed by atoms with Gasteiger partial charge in [0.25, 0.3) is 0 Å². The van der Waals surface area contributed by atoms with Crippen molar-refractivity contribution in [3.05, 3.63) is 22.8 Å². The third-order valence-corrected chi connectivity index (χ3v) is 1.96. The molecule has 1 rings (SSSR count). The van der Waals surface area contributed by atoms with Gasteiger partial charge in [0.1, 0.15) is 6.33 Å². The summed E-state index contributed by atoms with van der Waals surface area (Å²) in [5.74, 6) is 5.62. The summed E-state index contributed by atoms with van der Waals surface area (Å²) in [6.45, 7) is 6.03. The number of hydrogen-bond acceptors (Lipinski definition) is 4. The standard InChI is InChI=1S/C9H16N5P/c1-6(2)8-9(13-10)14(4-7(3)15)12-5-11-8/h4-6H,10,15H2,1-3H3/b7-4+,13-9-. The minimum Gasteiger partial charge on any atom is -0.321 e. The Labute approximate surface area is 91.3 Å². The van der Waals surface area contributed by atoms with Crippen molar-refractivity contribution >= 4 is 15.4 Å². The van der Waals surface area contributed by atoms with Crippen LogP contribution in [0.3, 0.4) is 0 Å². The van der Waals surface area contributed by atoms with E-state index in [1.807, 2.05) is 27.0 Å². The van der Waals surface area contributed by atoms with Crippen LogP contribution in [0.1, 0.15) is 32.4 Å². The van der Waals surface area contributed by atoms with E-state index >= 15 is 0 Å². The monoisotopic (exact) mass is 225 g/mol. The molecule has 0 saturated carbocycles. The Morgan fingerprint density at radius 2 is 2.33 bits per heavy atom. The summed E-state index contributed by atoms with van der Waals surface area (Å²) in [5, 5.41) is 8.84. The maximum Gasteiger partial charge on any atom is 0.194 e. The topological polar surface area (TPSA) is 69.1 Å².